The van der Waals surface area contributed by atoms with Crippen molar-refractivity contribution in [3.05, 3.63) is 41.7 Å². The number of hydrogen-bond donors (Lipinski definition) is 1. The van der Waals surface area contributed by atoms with E-state index in [9.17, 15) is 9.18 Å². The number of amides is 1. The fraction of sp³-hybridized carbons (Fsp3) is 0.471. The molecule has 0 radical (unpaired) electrons. The molecule has 1 heterocycles. The minimum Gasteiger partial charge on any atom is -0.339 e. The zero-order valence-corrected chi connectivity index (χ0v) is 12.7. The second kappa shape index (κ2) is 7.36. The molecule has 0 bridgehead atoms. The molecule has 1 amide bonds. The van der Waals surface area contributed by atoms with Gasteiger partial charge >= 0.3 is 0 Å². The van der Waals surface area contributed by atoms with Crippen LogP contribution in [0.3, 0.4) is 0 Å². The highest BCUT2D eigenvalue weighted by molar-refractivity contribution is 5.94. The number of piperidine rings is 1. The largest absolute Gasteiger partial charge is 0.339 e. The van der Waals surface area contributed by atoms with Crippen molar-refractivity contribution in [2.45, 2.75) is 19.8 Å². The van der Waals surface area contributed by atoms with Crippen molar-refractivity contribution in [1.82, 2.24) is 10.2 Å². The Hall–Kier alpha value is -1.68. The van der Waals surface area contributed by atoms with Crippen molar-refractivity contribution in [2.75, 3.05) is 26.7 Å². The first kappa shape index (κ1) is 15.7. The molecule has 114 valence electrons. The Balaban J connectivity index is 2.04. The highest BCUT2D eigenvalue weighted by Crippen LogP contribution is 2.19. The van der Waals surface area contributed by atoms with E-state index in [2.05, 4.69) is 5.32 Å². The summed E-state index contributed by atoms with van der Waals surface area (Å²) in [4.78, 5) is 14.2. The lowest BCUT2D eigenvalue weighted by Gasteiger charge is -2.32. The summed E-state index contributed by atoms with van der Waals surface area (Å²) in [5.74, 6) is 0.271. The fourth-order valence-corrected chi connectivity index (χ4v) is 2.81. The first-order valence-corrected chi connectivity index (χ1v) is 7.48. The van der Waals surface area contributed by atoms with Crippen LogP contribution in [0.5, 0.6) is 0 Å². The van der Waals surface area contributed by atoms with Gasteiger partial charge in [-0.3, -0.25) is 4.79 Å². The lowest BCUT2D eigenvalue weighted by Crippen LogP contribution is -2.41. The van der Waals surface area contributed by atoms with E-state index < -0.39 is 0 Å². The van der Waals surface area contributed by atoms with Crippen LogP contribution in [-0.4, -0.2) is 37.5 Å². The Bertz CT molecular complexity index is 525. The van der Waals surface area contributed by atoms with Crippen molar-refractivity contribution in [1.29, 1.82) is 0 Å². The van der Waals surface area contributed by atoms with Gasteiger partial charge in [0, 0.05) is 19.2 Å². The lowest BCUT2D eigenvalue weighted by atomic mass is 9.97. The van der Waals surface area contributed by atoms with Gasteiger partial charge in [-0.05, 0) is 62.5 Å². The average Bonchev–Trinajstić information content (AvgIpc) is 2.48. The summed E-state index contributed by atoms with van der Waals surface area (Å²) in [7, 11) is 1.94. The van der Waals surface area contributed by atoms with Crippen molar-refractivity contribution in [3.63, 3.8) is 0 Å². The summed E-state index contributed by atoms with van der Waals surface area (Å²) in [6.07, 6.45) is 3.83. The topological polar surface area (TPSA) is 32.3 Å². The summed E-state index contributed by atoms with van der Waals surface area (Å²) in [6.45, 7) is 4.40. The third-order valence-corrected chi connectivity index (χ3v) is 3.94. The highest BCUT2D eigenvalue weighted by atomic mass is 19.1. The lowest BCUT2D eigenvalue weighted by molar-refractivity contribution is -0.127. The molecule has 1 unspecified atom stereocenters. The summed E-state index contributed by atoms with van der Waals surface area (Å²) in [5, 5.41) is 3.17. The number of allylic oxidation sites excluding steroid dienone is 1. The molecule has 1 N–H and O–H groups in total. The van der Waals surface area contributed by atoms with Crippen molar-refractivity contribution in [2.24, 2.45) is 5.92 Å². The number of carbonyl (C=O) groups excluding carboxylic acids is 1. The molecule has 2 rings (SSSR count). The minimum atomic E-state index is -0.278. The van der Waals surface area contributed by atoms with Crippen molar-refractivity contribution in [3.8, 4) is 0 Å². The van der Waals surface area contributed by atoms with Gasteiger partial charge in [-0.25, -0.2) is 4.39 Å². The Morgan fingerprint density at radius 1 is 1.52 bits per heavy atom. The normalized spacial score (nSPS) is 19.7. The van der Waals surface area contributed by atoms with Crippen LogP contribution in [0.25, 0.3) is 5.57 Å². The van der Waals surface area contributed by atoms with Gasteiger partial charge in [-0.15, -0.1) is 0 Å². The number of nitrogens with one attached hydrogen (secondary N) is 1. The van der Waals surface area contributed by atoms with Gasteiger partial charge in [0.15, 0.2) is 0 Å². The number of nitrogens with zero attached hydrogens (tertiary/aromatic N) is 1. The quantitative estimate of drug-likeness (QED) is 0.865. The molecule has 21 heavy (non-hydrogen) atoms. The minimum absolute atomic E-state index is 0.0255. The van der Waals surface area contributed by atoms with Crippen LogP contribution in [0.4, 0.5) is 4.39 Å². The molecule has 1 aliphatic heterocycles. The van der Waals surface area contributed by atoms with Crippen LogP contribution in [0, 0.1) is 11.7 Å². The van der Waals surface area contributed by atoms with E-state index in [0.717, 1.165) is 43.6 Å². The van der Waals surface area contributed by atoms with E-state index in [1.54, 1.807) is 12.1 Å². The maximum Gasteiger partial charge on any atom is 0.246 e. The smallest absolute Gasteiger partial charge is 0.246 e. The van der Waals surface area contributed by atoms with Crippen LogP contribution < -0.4 is 5.32 Å². The molecule has 1 atom stereocenters. The van der Waals surface area contributed by atoms with E-state index in [1.807, 2.05) is 24.9 Å². The SMILES string of the molecule is CNCC1CCCN(C(=O)/C=C(\C)c2cccc(F)c2)C1. The summed E-state index contributed by atoms with van der Waals surface area (Å²) in [6, 6.07) is 6.35. The molecule has 0 saturated carbocycles. The molecule has 4 heteroatoms. The Kier molecular flexibility index (Phi) is 5.51. The molecule has 0 spiro atoms. The fourth-order valence-electron chi connectivity index (χ4n) is 2.81. The molecule has 3 nitrogen and oxygen atoms in total. The average molecular weight is 290 g/mol. The predicted octanol–water partition coefficient (Wildman–Crippen LogP) is 2.69. The molecular weight excluding hydrogens is 267 g/mol. The predicted molar refractivity (Wildman–Crippen MR) is 83.3 cm³/mol. The molecule has 1 aliphatic rings. The number of benzene rings is 1. The van der Waals surface area contributed by atoms with E-state index in [1.165, 1.54) is 12.1 Å². The van der Waals surface area contributed by atoms with Crippen molar-refractivity contribution < 1.29 is 9.18 Å². The number of carbonyl (C=O) groups is 1. The molecule has 1 aromatic rings. The van der Waals surface area contributed by atoms with Crippen LogP contribution in [0.1, 0.15) is 25.3 Å². The molecule has 1 saturated heterocycles. The second-order valence-electron chi connectivity index (χ2n) is 5.69. The number of halogens is 1. The molecule has 0 aliphatic carbocycles. The van der Waals surface area contributed by atoms with Gasteiger partial charge in [0.2, 0.25) is 5.91 Å². The van der Waals surface area contributed by atoms with Gasteiger partial charge < -0.3 is 10.2 Å². The zero-order valence-electron chi connectivity index (χ0n) is 12.7. The third-order valence-electron chi connectivity index (χ3n) is 3.94. The number of rotatable bonds is 4. The summed E-state index contributed by atoms with van der Waals surface area (Å²) in [5.41, 5.74) is 1.56. The number of likely N-dealkylation sites (tertiary alicyclic amines) is 1. The third kappa shape index (κ3) is 4.39. The molecular formula is C17H23FN2O. The Morgan fingerprint density at radius 2 is 2.33 bits per heavy atom. The first-order chi connectivity index (χ1) is 10.1. The number of hydrogen-bond acceptors (Lipinski definition) is 2. The monoisotopic (exact) mass is 290 g/mol. The van der Waals surface area contributed by atoms with Crippen LogP contribution in [0.2, 0.25) is 0 Å². The van der Waals surface area contributed by atoms with Gasteiger partial charge in [0.1, 0.15) is 5.82 Å². The van der Waals surface area contributed by atoms with Crippen LogP contribution >= 0.6 is 0 Å². The van der Waals surface area contributed by atoms with Gasteiger partial charge in [-0.1, -0.05) is 12.1 Å². The van der Waals surface area contributed by atoms with Crippen LogP contribution in [-0.2, 0) is 4.79 Å². The van der Waals surface area contributed by atoms with Crippen LogP contribution in [0.15, 0.2) is 30.3 Å². The molecule has 0 aromatic heterocycles. The standard InChI is InChI=1S/C17H23FN2O/c1-13(15-6-3-7-16(18)10-15)9-17(21)20-8-4-5-14(12-20)11-19-2/h3,6-7,9-10,14,19H,4-5,8,11-12H2,1-2H3/b13-9+. The maximum absolute atomic E-state index is 13.2. The van der Waals surface area contributed by atoms with Gasteiger partial charge in [0.05, 0.1) is 0 Å². The molecule has 1 aromatic carbocycles. The van der Waals surface area contributed by atoms with Gasteiger partial charge in [0.25, 0.3) is 0 Å². The van der Waals surface area contributed by atoms with E-state index >= 15 is 0 Å². The van der Waals surface area contributed by atoms with E-state index in [-0.39, 0.29) is 11.7 Å². The highest BCUT2D eigenvalue weighted by Gasteiger charge is 2.22. The van der Waals surface area contributed by atoms with Gasteiger partial charge in [-0.2, -0.15) is 0 Å². The summed E-state index contributed by atoms with van der Waals surface area (Å²) < 4.78 is 13.2. The Morgan fingerprint density at radius 3 is 3.05 bits per heavy atom. The first-order valence-electron chi connectivity index (χ1n) is 7.48. The zero-order chi connectivity index (χ0) is 15.2. The summed E-state index contributed by atoms with van der Waals surface area (Å²) >= 11 is 0. The molecule has 1 fully saturated rings. The van der Waals surface area contributed by atoms with E-state index in [4.69, 9.17) is 0 Å². The van der Waals surface area contributed by atoms with E-state index in [0.29, 0.717) is 5.92 Å². The maximum atomic E-state index is 13.2. The van der Waals surface area contributed by atoms with Crippen molar-refractivity contribution >= 4 is 11.5 Å². The second-order valence-corrected chi connectivity index (χ2v) is 5.69. The Labute approximate surface area is 125 Å².